The van der Waals surface area contributed by atoms with Gasteiger partial charge in [0, 0.05) is 43.8 Å². The molecule has 1 amide bonds. The molecule has 0 bridgehead atoms. The van der Waals surface area contributed by atoms with Crippen LogP contribution in [0.4, 0.5) is 5.95 Å². The molecule has 1 N–H and O–H groups in total. The molecule has 29 heavy (non-hydrogen) atoms. The number of rotatable bonds is 6. The van der Waals surface area contributed by atoms with Crippen LogP contribution < -0.4 is 10.2 Å². The van der Waals surface area contributed by atoms with Crippen molar-refractivity contribution in [1.29, 1.82) is 0 Å². The lowest BCUT2D eigenvalue weighted by Gasteiger charge is -2.23. The molecule has 154 valence electrons. The first kappa shape index (κ1) is 18.6. The van der Waals surface area contributed by atoms with E-state index in [1.807, 2.05) is 12.1 Å². The van der Waals surface area contributed by atoms with Crippen molar-refractivity contribution in [2.75, 3.05) is 31.2 Å². The fourth-order valence-corrected chi connectivity index (χ4v) is 4.27. The Morgan fingerprint density at radius 3 is 2.66 bits per heavy atom. The summed E-state index contributed by atoms with van der Waals surface area (Å²) in [6, 6.07) is 8.28. The lowest BCUT2D eigenvalue weighted by Crippen LogP contribution is -2.38. The Morgan fingerprint density at radius 1 is 1.10 bits per heavy atom. The lowest BCUT2D eigenvalue weighted by molar-refractivity contribution is 0.0696. The minimum Gasteiger partial charge on any atom is -0.381 e. The summed E-state index contributed by atoms with van der Waals surface area (Å²) in [5.41, 5.74) is 2.00. The van der Waals surface area contributed by atoms with Crippen LogP contribution in [-0.2, 0) is 11.2 Å². The molecule has 1 atom stereocenters. The Bertz CT molecular complexity index is 840. The predicted molar refractivity (Wildman–Crippen MR) is 108 cm³/mol. The van der Waals surface area contributed by atoms with Crippen LogP contribution in [0.2, 0.25) is 0 Å². The second kappa shape index (κ2) is 8.14. The Balaban J connectivity index is 1.13. The molecule has 1 saturated carbocycles. The van der Waals surface area contributed by atoms with Crippen molar-refractivity contribution in [3.05, 3.63) is 41.3 Å². The average Bonchev–Trinajstić information content (AvgIpc) is 3.29. The highest BCUT2D eigenvalue weighted by atomic mass is 16.5. The Morgan fingerprint density at radius 2 is 1.90 bits per heavy atom. The van der Waals surface area contributed by atoms with Crippen LogP contribution in [0.3, 0.4) is 0 Å². The molecule has 3 heterocycles. The van der Waals surface area contributed by atoms with Crippen molar-refractivity contribution in [3.8, 4) is 0 Å². The van der Waals surface area contributed by atoms with Crippen LogP contribution >= 0.6 is 0 Å². The van der Waals surface area contributed by atoms with E-state index in [9.17, 15) is 4.79 Å². The molecule has 3 fully saturated rings. The number of carbonyl (C=O) groups is 1. The highest BCUT2D eigenvalue weighted by Crippen LogP contribution is 2.39. The van der Waals surface area contributed by atoms with Crippen LogP contribution in [0.5, 0.6) is 0 Å². The molecule has 2 aliphatic heterocycles. The molecule has 1 aromatic carbocycles. The molecular weight excluding hydrogens is 368 g/mol. The molecule has 5 rings (SSSR count). The maximum Gasteiger partial charge on any atom is 0.266 e. The number of ether oxygens (including phenoxy) is 1. The van der Waals surface area contributed by atoms with Crippen LogP contribution in [0.15, 0.2) is 28.8 Å². The summed E-state index contributed by atoms with van der Waals surface area (Å²) in [6.07, 6.45) is 6.26. The van der Waals surface area contributed by atoms with Gasteiger partial charge in [0.25, 0.3) is 11.9 Å². The molecule has 7 nitrogen and oxygen atoms in total. The normalized spacial score (nSPS) is 22.8. The minimum absolute atomic E-state index is 0.0130. The third kappa shape index (κ3) is 4.45. The fraction of sp³-hybridized carbons (Fsp3) is 0.591. The first-order chi connectivity index (χ1) is 14.2. The first-order valence-electron chi connectivity index (χ1n) is 10.8. The number of nitrogens with zero attached hydrogens (tertiary/aromatic N) is 3. The SMILES string of the molecule is O=C(NC1CCOCC1)c1ccc(CC2CCN(c3noc(C4CC4)n3)C2)cc1. The van der Waals surface area contributed by atoms with Gasteiger partial charge in [0.05, 0.1) is 0 Å². The van der Waals surface area contributed by atoms with Gasteiger partial charge in [-0.25, -0.2) is 0 Å². The molecule has 1 aromatic heterocycles. The van der Waals surface area contributed by atoms with E-state index in [0.29, 0.717) is 11.8 Å². The van der Waals surface area contributed by atoms with Gasteiger partial charge in [-0.2, -0.15) is 4.98 Å². The number of carbonyl (C=O) groups excluding carboxylic acids is 1. The summed E-state index contributed by atoms with van der Waals surface area (Å²) in [5, 5.41) is 7.28. The Hall–Kier alpha value is -2.41. The molecule has 3 aliphatic rings. The van der Waals surface area contributed by atoms with E-state index >= 15 is 0 Å². The Kier molecular flexibility index (Phi) is 5.23. The molecular formula is C22H28N4O3. The van der Waals surface area contributed by atoms with Gasteiger partial charge >= 0.3 is 0 Å². The van der Waals surface area contributed by atoms with Gasteiger partial charge < -0.3 is 19.5 Å². The quantitative estimate of drug-likeness (QED) is 0.809. The number of nitrogens with one attached hydrogen (secondary N) is 1. The minimum atomic E-state index is 0.0130. The van der Waals surface area contributed by atoms with Crippen LogP contribution in [-0.4, -0.2) is 48.4 Å². The highest BCUT2D eigenvalue weighted by Gasteiger charge is 2.32. The van der Waals surface area contributed by atoms with Crippen LogP contribution in [0.25, 0.3) is 0 Å². The van der Waals surface area contributed by atoms with E-state index < -0.39 is 0 Å². The third-order valence-corrected chi connectivity index (χ3v) is 6.22. The Labute approximate surface area is 170 Å². The molecule has 1 unspecified atom stereocenters. The predicted octanol–water partition coefficient (Wildman–Crippen LogP) is 2.92. The van der Waals surface area contributed by atoms with Crippen molar-refractivity contribution in [2.24, 2.45) is 5.92 Å². The largest absolute Gasteiger partial charge is 0.381 e. The number of amides is 1. The van der Waals surface area contributed by atoms with E-state index in [-0.39, 0.29) is 11.9 Å². The van der Waals surface area contributed by atoms with E-state index in [1.54, 1.807) is 0 Å². The van der Waals surface area contributed by atoms with Gasteiger partial charge in [-0.05, 0) is 67.3 Å². The summed E-state index contributed by atoms with van der Waals surface area (Å²) in [4.78, 5) is 19.2. The standard InChI is InChI=1S/C22H28N4O3/c27-20(23-19-8-11-28-12-9-19)17-3-1-15(2-4-17)13-16-7-10-26(14-16)22-24-21(29-25-22)18-5-6-18/h1-4,16,18-19H,5-14H2,(H,23,27). The molecule has 0 radical (unpaired) electrons. The summed E-state index contributed by atoms with van der Waals surface area (Å²) in [5.74, 6) is 2.63. The van der Waals surface area contributed by atoms with Gasteiger partial charge in [0.15, 0.2) is 0 Å². The topological polar surface area (TPSA) is 80.5 Å². The number of hydrogen-bond donors (Lipinski definition) is 1. The van der Waals surface area contributed by atoms with E-state index in [1.165, 1.54) is 18.4 Å². The maximum absolute atomic E-state index is 12.4. The first-order valence-corrected chi connectivity index (χ1v) is 10.8. The van der Waals surface area contributed by atoms with Crippen molar-refractivity contribution in [3.63, 3.8) is 0 Å². The zero-order chi connectivity index (χ0) is 19.6. The number of anilines is 1. The number of benzene rings is 1. The smallest absolute Gasteiger partial charge is 0.266 e. The number of aromatic nitrogens is 2. The van der Waals surface area contributed by atoms with Gasteiger partial charge in [0.2, 0.25) is 5.89 Å². The van der Waals surface area contributed by atoms with Crippen LogP contribution in [0, 0.1) is 5.92 Å². The van der Waals surface area contributed by atoms with Crippen molar-refractivity contribution in [2.45, 2.75) is 50.5 Å². The lowest BCUT2D eigenvalue weighted by atomic mass is 9.97. The second-order valence-electron chi connectivity index (χ2n) is 8.57. The molecule has 1 aliphatic carbocycles. The van der Waals surface area contributed by atoms with Crippen molar-refractivity contribution in [1.82, 2.24) is 15.5 Å². The van der Waals surface area contributed by atoms with E-state index in [0.717, 1.165) is 69.4 Å². The van der Waals surface area contributed by atoms with Crippen LogP contribution in [0.1, 0.15) is 59.8 Å². The summed E-state index contributed by atoms with van der Waals surface area (Å²) < 4.78 is 10.7. The van der Waals surface area contributed by atoms with Crippen molar-refractivity contribution < 1.29 is 14.1 Å². The van der Waals surface area contributed by atoms with Gasteiger partial charge in [-0.1, -0.05) is 12.1 Å². The molecule has 0 spiro atoms. The molecule has 2 saturated heterocycles. The van der Waals surface area contributed by atoms with Gasteiger partial charge in [0.1, 0.15) is 0 Å². The van der Waals surface area contributed by atoms with Gasteiger partial charge in [-0.15, -0.1) is 0 Å². The fourth-order valence-electron chi connectivity index (χ4n) is 4.27. The summed E-state index contributed by atoms with van der Waals surface area (Å²) >= 11 is 0. The average molecular weight is 396 g/mol. The zero-order valence-corrected chi connectivity index (χ0v) is 16.7. The van der Waals surface area contributed by atoms with Crippen molar-refractivity contribution >= 4 is 11.9 Å². The monoisotopic (exact) mass is 396 g/mol. The van der Waals surface area contributed by atoms with Gasteiger partial charge in [-0.3, -0.25) is 4.79 Å². The number of hydrogen-bond acceptors (Lipinski definition) is 6. The third-order valence-electron chi connectivity index (χ3n) is 6.22. The maximum atomic E-state index is 12.4. The molecule has 2 aromatic rings. The highest BCUT2D eigenvalue weighted by molar-refractivity contribution is 5.94. The second-order valence-corrected chi connectivity index (χ2v) is 8.57. The zero-order valence-electron chi connectivity index (χ0n) is 16.7. The van der Waals surface area contributed by atoms with E-state index in [4.69, 9.17) is 9.26 Å². The summed E-state index contributed by atoms with van der Waals surface area (Å²) in [7, 11) is 0. The molecule has 7 heteroatoms. The summed E-state index contributed by atoms with van der Waals surface area (Å²) in [6.45, 7) is 3.39. The van der Waals surface area contributed by atoms with E-state index in [2.05, 4.69) is 32.5 Å².